The van der Waals surface area contributed by atoms with E-state index in [2.05, 4.69) is 15.5 Å². The van der Waals surface area contributed by atoms with E-state index in [1.807, 2.05) is 0 Å². The summed E-state index contributed by atoms with van der Waals surface area (Å²) in [5.41, 5.74) is 1.59. The molecule has 9 nitrogen and oxygen atoms in total. The van der Waals surface area contributed by atoms with Gasteiger partial charge in [-0.25, -0.2) is 4.79 Å². The highest BCUT2D eigenvalue weighted by molar-refractivity contribution is 6.04. The molecule has 1 aromatic rings. The first kappa shape index (κ1) is 12.1. The van der Waals surface area contributed by atoms with E-state index in [1.165, 1.54) is 10.8 Å². The molecule has 9 heteroatoms. The van der Waals surface area contributed by atoms with Crippen molar-refractivity contribution in [3.63, 3.8) is 0 Å². The number of rotatable bonds is 3. The number of aliphatic hydroxyl groups excluding tert-OH is 2. The molecule has 1 aromatic heterocycles. The fourth-order valence-electron chi connectivity index (χ4n) is 2.07. The normalized spacial score (nSPS) is 28.9. The summed E-state index contributed by atoms with van der Waals surface area (Å²) in [6.07, 6.45) is -0.819. The van der Waals surface area contributed by atoms with Gasteiger partial charge >= 0.3 is 5.69 Å². The Morgan fingerprint density at radius 3 is 2.84 bits per heavy atom. The Kier molecular flexibility index (Phi) is 2.73. The SMILES string of the molecule is O=c1[nH]c(=O)n([C@@H]2CC(O)[C@H](CO)O2)cc1C1=NN1. The van der Waals surface area contributed by atoms with Crippen LogP contribution in [-0.2, 0) is 4.74 Å². The molecular weight excluding hydrogens is 256 g/mol. The number of aliphatic hydroxyl groups is 2. The van der Waals surface area contributed by atoms with Crippen molar-refractivity contribution in [1.29, 1.82) is 0 Å². The van der Waals surface area contributed by atoms with Gasteiger partial charge in [-0.1, -0.05) is 0 Å². The van der Waals surface area contributed by atoms with Crippen molar-refractivity contribution in [2.24, 2.45) is 5.10 Å². The van der Waals surface area contributed by atoms with Crippen molar-refractivity contribution in [1.82, 2.24) is 15.0 Å². The first-order chi connectivity index (χ1) is 9.10. The highest BCUT2D eigenvalue weighted by Crippen LogP contribution is 2.27. The Morgan fingerprint density at radius 2 is 2.26 bits per heavy atom. The van der Waals surface area contributed by atoms with Gasteiger partial charge in [-0.05, 0) is 0 Å². The highest BCUT2D eigenvalue weighted by atomic mass is 16.5. The Morgan fingerprint density at radius 1 is 1.53 bits per heavy atom. The Balaban J connectivity index is 1.97. The number of aromatic nitrogens is 2. The smallest absolute Gasteiger partial charge is 0.330 e. The number of nitrogens with one attached hydrogen (secondary N) is 2. The maximum absolute atomic E-state index is 11.7. The first-order valence-electron chi connectivity index (χ1n) is 5.74. The minimum atomic E-state index is -0.853. The molecule has 102 valence electrons. The van der Waals surface area contributed by atoms with E-state index in [-0.39, 0.29) is 18.6 Å². The van der Waals surface area contributed by atoms with Crippen molar-refractivity contribution in [2.75, 3.05) is 6.61 Å². The van der Waals surface area contributed by atoms with Crippen LogP contribution in [0.3, 0.4) is 0 Å². The Hall–Kier alpha value is -1.97. The number of nitrogens with zero attached hydrogens (tertiary/aromatic N) is 2. The largest absolute Gasteiger partial charge is 0.394 e. The average Bonchev–Trinajstić information content (AvgIpc) is 3.13. The van der Waals surface area contributed by atoms with Gasteiger partial charge in [0.05, 0.1) is 12.7 Å². The van der Waals surface area contributed by atoms with Gasteiger partial charge < -0.3 is 14.9 Å². The van der Waals surface area contributed by atoms with Gasteiger partial charge in [0, 0.05) is 12.6 Å². The number of hydrogen-bond donors (Lipinski definition) is 4. The Bertz CT molecular complexity index is 648. The summed E-state index contributed by atoms with van der Waals surface area (Å²) in [5.74, 6) is 0.396. The second kappa shape index (κ2) is 4.30. The number of amidine groups is 1. The van der Waals surface area contributed by atoms with Crippen LogP contribution >= 0.6 is 0 Å². The molecule has 0 saturated carbocycles. The lowest BCUT2D eigenvalue weighted by molar-refractivity contribution is -0.0459. The van der Waals surface area contributed by atoms with E-state index >= 15 is 0 Å². The highest BCUT2D eigenvalue weighted by Gasteiger charge is 2.35. The molecule has 3 heterocycles. The molecule has 3 atom stereocenters. The molecule has 0 spiro atoms. The lowest BCUT2D eigenvalue weighted by Crippen LogP contribution is -2.35. The van der Waals surface area contributed by atoms with E-state index in [0.29, 0.717) is 5.84 Å². The molecule has 1 saturated heterocycles. The molecule has 2 aliphatic rings. The quantitative estimate of drug-likeness (QED) is 0.475. The van der Waals surface area contributed by atoms with E-state index in [9.17, 15) is 14.7 Å². The minimum absolute atomic E-state index is 0.163. The van der Waals surface area contributed by atoms with Gasteiger partial charge in [0.1, 0.15) is 17.9 Å². The zero-order valence-corrected chi connectivity index (χ0v) is 9.74. The Labute approximate surface area is 106 Å². The van der Waals surface area contributed by atoms with Crippen molar-refractivity contribution in [3.05, 3.63) is 32.6 Å². The molecule has 0 aliphatic carbocycles. The summed E-state index contributed by atoms with van der Waals surface area (Å²) >= 11 is 0. The molecule has 0 radical (unpaired) electrons. The van der Waals surface area contributed by atoms with Gasteiger partial charge in [-0.3, -0.25) is 19.8 Å². The molecule has 0 amide bonds. The summed E-state index contributed by atoms with van der Waals surface area (Å²) < 4.78 is 6.54. The fourth-order valence-corrected chi connectivity index (χ4v) is 2.07. The molecule has 0 aromatic carbocycles. The van der Waals surface area contributed by atoms with Crippen LogP contribution in [0, 0.1) is 0 Å². The molecule has 1 unspecified atom stereocenters. The van der Waals surface area contributed by atoms with Crippen molar-refractivity contribution < 1.29 is 14.9 Å². The molecular formula is C10H12N4O5. The average molecular weight is 268 g/mol. The number of ether oxygens (including phenoxy) is 1. The van der Waals surface area contributed by atoms with Crippen molar-refractivity contribution in [2.45, 2.75) is 24.9 Å². The second-order valence-corrected chi connectivity index (χ2v) is 4.40. The molecule has 19 heavy (non-hydrogen) atoms. The third kappa shape index (κ3) is 2.07. The van der Waals surface area contributed by atoms with Crippen LogP contribution in [0.4, 0.5) is 0 Å². The second-order valence-electron chi connectivity index (χ2n) is 4.40. The van der Waals surface area contributed by atoms with E-state index in [0.717, 1.165) is 0 Å². The lowest BCUT2D eigenvalue weighted by atomic mass is 10.2. The van der Waals surface area contributed by atoms with Crippen LogP contribution < -0.4 is 16.7 Å². The number of H-pyrrole nitrogens is 1. The predicted molar refractivity (Wildman–Crippen MR) is 62.6 cm³/mol. The maximum Gasteiger partial charge on any atom is 0.330 e. The molecule has 3 rings (SSSR count). The topological polar surface area (TPSA) is 139 Å². The first-order valence-corrected chi connectivity index (χ1v) is 5.74. The third-order valence-corrected chi connectivity index (χ3v) is 3.14. The van der Waals surface area contributed by atoms with Crippen LogP contribution in [0.5, 0.6) is 0 Å². The van der Waals surface area contributed by atoms with Crippen LogP contribution in [-0.4, -0.2) is 44.4 Å². The zero-order valence-electron chi connectivity index (χ0n) is 9.74. The van der Waals surface area contributed by atoms with E-state index in [4.69, 9.17) is 9.84 Å². The lowest BCUT2D eigenvalue weighted by Gasteiger charge is -2.14. The third-order valence-electron chi connectivity index (χ3n) is 3.14. The van der Waals surface area contributed by atoms with Crippen LogP contribution in [0.25, 0.3) is 0 Å². The summed E-state index contributed by atoms with van der Waals surface area (Å²) in [4.78, 5) is 25.5. The van der Waals surface area contributed by atoms with Gasteiger partial charge in [0.15, 0.2) is 5.84 Å². The van der Waals surface area contributed by atoms with Crippen LogP contribution in [0.1, 0.15) is 18.2 Å². The summed E-state index contributed by atoms with van der Waals surface area (Å²) in [5, 5.41) is 22.3. The molecule has 4 N–H and O–H groups in total. The van der Waals surface area contributed by atoms with Crippen LogP contribution in [0.2, 0.25) is 0 Å². The molecule has 0 bridgehead atoms. The van der Waals surface area contributed by atoms with E-state index in [1.54, 1.807) is 0 Å². The standard InChI is InChI=1S/C10H12N4O5/c15-3-6-5(16)1-7(19-6)14-2-4(8-12-13-8)9(17)11-10(14)18/h2,5-7,15-16H,1,3H2,(H,12,13)(H,11,17,18)/t5?,6-,7-/m0/s1. The maximum atomic E-state index is 11.7. The van der Waals surface area contributed by atoms with E-state index < -0.39 is 29.7 Å². The molecule has 2 aliphatic heterocycles. The number of hydrogen-bond acceptors (Lipinski definition) is 7. The monoisotopic (exact) mass is 268 g/mol. The minimum Gasteiger partial charge on any atom is -0.394 e. The van der Waals surface area contributed by atoms with Crippen molar-refractivity contribution >= 4 is 5.84 Å². The fraction of sp³-hybridized carbons (Fsp3) is 0.500. The summed E-state index contributed by atoms with van der Waals surface area (Å²) in [7, 11) is 0. The van der Waals surface area contributed by atoms with Gasteiger partial charge in [0.25, 0.3) is 5.56 Å². The van der Waals surface area contributed by atoms with Gasteiger partial charge in [0.2, 0.25) is 0 Å². The molecule has 1 fully saturated rings. The number of hydrazone groups is 1. The summed E-state index contributed by atoms with van der Waals surface area (Å²) in [6, 6.07) is 0. The van der Waals surface area contributed by atoms with Crippen LogP contribution in [0.15, 0.2) is 20.9 Å². The van der Waals surface area contributed by atoms with Crippen molar-refractivity contribution in [3.8, 4) is 0 Å². The number of aromatic amines is 1. The van der Waals surface area contributed by atoms with Gasteiger partial charge in [-0.15, -0.1) is 0 Å². The predicted octanol–water partition coefficient (Wildman–Crippen LogP) is -2.56. The summed E-state index contributed by atoms with van der Waals surface area (Å²) in [6.45, 7) is -0.336. The van der Waals surface area contributed by atoms with Gasteiger partial charge in [-0.2, -0.15) is 5.10 Å². The zero-order chi connectivity index (χ0) is 13.6.